The van der Waals surface area contributed by atoms with E-state index in [1.807, 2.05) is 25.1 Å². The predicted molar refractivity (Wildman–Crippen MR) is 87.0 cm³/mol. The number of rotatable bonds is 9. The average Bonchev–Trinajstić information content (AvgIpc) is 2.97. The second-order valence-electron chi connectivity index (χ2n) is 5.97. The van der Waals surface area contributed by atoms with E-state index in [9.17, 15) is 14.7 Å². The van der Waals surface area contributed by atoms with Crippen molar-refractivity contribution in [2.45, 2.75) is 46.0 Å². The fourth-order valence-corrected chi connectivity index (χ4v) is 3.03. The maximum Gasteiger partial charge on any atom is 0.206 e. The van der Waals surface area contributed by atoms with Crippen molar-refractivity contribution in [3.63, 3.8) is 0 Å². The molecule has 0 saturated heterocycles. The molecule has 2 aromatic rings. The van der Waals surface area contributed by atoms with Crippen molar-refractivity contribution in [3.05, 3.63) is 36.1 Å². The zero-order valence-corrected chi connectivity index (χ0v) is 13.7. The average molecular weight is 315 g/mol. The minimum Gasteiger partial charge on any atom is -0.549 e. The molecular formula is C19H23O4-. The zero-order chi connectivity index (χ0) is 16.8. The van der Waals surface area contributed by atoms with Crippen LogP contribution in [0.2, 0.25) is 0 Å². The number of benzene rings is 1. The molecular weight excluding hydrogens is 292 g/mol. The number of furan rings is 1. The number of para-hydroxylation sites is 1. The van der Waals surface area contributed by atoms with Gasteiger partial charge in [-0.25, -0.2) is 0 Å². The van der Waals surface area contributed by atoms with Crippen LogP contribution in [0, 0.1) is 11.8 Å². The fraction of sp³-hybridized carbons (Fsp3) is 0.474. The van der Waals surface area contributed by atoms with Gasteiger partial charge in [0, 0.05) is 5.39 Å². The molecule has 0 aliphatic heterocycles. The Labute approximate surface area is 136 Å². The first-order chi connectivity index (χ1) is 11.1. The summed E-state index contributed by atoms with van der Waals surface area (Å²) in [5, 5.41) is 12.4. The molecule has 4 nitrogen and oxygen atoms in total. The van der Waals surface area contributed by atoms with E-state index in [2.05, 4.69) is 6.92 Å². The number of Topliss-reactive ketones (excluding diaryl/α,β-unsaturated/α-hetero) is 1. The van der Waals surface area contributed by atoms with Gasteiger partial charge in [0.05, 0.1) is 11.9 Å². The molecule has 2 rings (SSSR count). The van der Waals surface area contributed by atoms with Gasteiger partial charge in [0.25, 0.3) is 0 Å². The summed E-state index contributed by atoms with van der Waals surface area (Å²) in [5.41, 5.74) is 0.590. The lowest BCUT2D eigenvalue weighted by Gasteiger charge is -2.25. The lowest BCUT2D eigenvalue weighted by Crippen LogP contribution is -2.41. The van der Waals surface area contributed by atoms with Gasteiger partial charge >= 0.3 is 0 Å². The molecule has 0 N–H and O–H groups in total. The molecule has 0 saturated carbocycles. The smallest absolute Gasteiger partial charge is 0.206 e. The normalized spacial score (nSPS) is 13.8. The number of carbonyl (C=O) groups excluding carboxylic acids is 2. The van der Waals surface area contributed by atoms with Crippen LogP contribution in [0.4, 0.5) is 0 Å². The Morgan fingerprint density at radius 3 is 2.52 bits per heavy atom. The van der Waals surface area contributed by atoms with Crippen molar-refractivity contribution < 1.29 is 19.1 Å². The molecule has 0 aliphatic carbocycles. The van der Waals surface area contributed by atoms with Gasteiger partial charge in [-0.3, -0.25) is 4.79 Å². The van der Waals surface area contributed by atoms with Crippen molar-refractivity contribution in [1.29, 1.82) is 0 Å². The van der Waals surface area contributed by atoms with Crippen LogP contribution in [0.1, 0.15) is 56.5 Å². The largest absolute Gasteiger partial charge is 0.549 e. The van der Waals surface area contributed by atoms with Crippen molar-refractivity contribution >= 4 is 22.7 Å². The fourth-order valence-electron chi connectivity index (χ4n) is 3.03. The van der Waals surface area contributed by atoms with E-state index >= 15 is 0 Å². The SMILES string of the molecule is CCCCCC(CC)C(C(=O)[O-])C(=O)c1cc2ccccc2o1. The second kappa shape index (κ2) is 7.95. The zero-order valence-electron chi connectivity index (χ0n) is 13.7. The van der Waals surface area contributed by atoms with Gasteiger partial charge in [-0.05, 0) is 24.5 Å². The van der Waals surface area contributed by atoms with Gasteiger partial charge in [-0.15, -0.1) is 0 Å². The summed E-state index contributed by atoms with van der Waals surface area (Å²) in [7, 11) is 0. The molecule has 0 radical (unpaired) electrons. The second-order valence-corrected chi connectivity index (χ2v) is 5.97. The summed E-state index contributed by atoms with van der Waals surface area (Å²) in [6.07, 6.45) is 4.37. The van der Waals surface area contributed by atoms with E-state index in [1.54, 1.807) is 12.1 Å². The van der Waals surface area contributed by atoms with Crippen LogP contribution in [-0.2, 0) is 4.79 Å². The predicted octanol–water partition coefficient (Wildman–Crippen LogP) is 3.59. The highest BCUT2D eigenvalue weighted by Gasteiger charge is 2.31. The van der Waals surface area contributed by atoms with Crippen LogP contribution in [0.5, 0.6) is 0 Å². The van der Waals surface area contributed by atoms with E-state index in [1.165, 1.54) is 0 Å². The number of fused-ring (bicyclic) bond motifs is 1. The summed E-state index contributed by atoms with van der Waals surface area (Å²) in [6.45, 7) is 4.01. The highest BCUT2D eigenvalue weighted by Crippen LogP contribution is 2.28. The van der Waals surface area contributed by atoms with E-state index in [0.29, 0.717) is 12.0 Å². The third-order valence-electron chi connectivity index (χ3n) is 4.38. The number of carbonyl (C=O) groups is 2. The summed E-state index contributed by atoms with van der Waals surface area (Å²) in [6, 6.07) is 8.88. The standard InChI is InChI=1S/C19H24O4/c1-3-5-6-9-13(4-2)17(19(21)22)18(20)16-12-14-10-7-8-11-15(14)23-16/h7-8,10-13,17H,3-6,9H2,1-2H3,(H,21,22)/p-1. The van der Waals surface area contributed by atoms with Crippen LogP contribution in [0.25, 0.3) is 11.0 Å². The Balaban J connectivity index is 2.24. The molecule has 0 aliphatic rings. The first kappa shape index (κ1) is 17.3. The molecule has 0 fully saturated rings. The minimum atomic E-state index is -1.31. The number of carboxylic acid groups (broad SMARTS) is 1. The Bertz CT molecular complexity index is 638. The summed E-state index contributed by atoms with van der Waals surface area (Å²) in [4.78, 5) is 24.3. The van der Waals surface area contributed by atoms with Gasteiger partial charge < -0.3 is 14.3 Å². The Morgan fingerprint density at radius 1 is 1.17 bits per heavy atom. The van der Waals surface area contributed by atoms with Crippen molar-refractivity contribution in [1.82, 2.24) is 0 Å². The van der Waals surface area contributed by atoms with Crippen molar-refractivity contribution in [2.24, 2.45) is 11.8 Å². The van der Waals surface area contributed by atoms with Gasteiger partial charge in [-0.2, -0.15) is 0 Å². The maximum atomic E-state index is 12.7. The van der Waals surface area contributed by atoms with E-state index in [-0.39, 0.29) is 11.7 Å². The Kier molecular flexibility index (Phi) is 5.97. The minimum absolute atomic E-state index is 0.106. The molecule has 1 aromatic carbocycles. The molecule has 2 atom stereocenters. The topological polar surface area (TPSA) is 70.3 Å². The lowest BCUT2D eigenvalue weighted by molar-refractivity contribution is -0.310. The maximum absolute atomic E-state index is 12.7. The van der Waals surface area contributed by atoms with Crippen molar-refractivity contribution in [3.8, 4) is 0 Å². The molecule has 124 valence electrons. The summed E-state index contributed by atoms with van der Waals surface area (Å²) < 4.78 is 5.54. The van der Waals surface area contributed by atoms with Gasteiger partial charge in [-0.1, -0.05) is 57.7 Å². The van der Waals surface area contributed by atoms with E-state index in [4.69, 9.17) is 4.42 Å². The Hall–Kier alpha value is -2.10. The highest BCUT2D eigenvalue weighted by atomic mass is 16.4. The van der Waals surface area contributed by atoms with Crippen LogP contribution < -0.4 is 5.11 Å². The molecule has 23 heavy (non-hydrogen) atoms. The van der Waals surface area contributed by atoms with Gasteiger partial charge in [0.2, 0.25) is 5.78 Å². The summed E-state index contributed by atoms with van der Waals surface area (Å²) >= 11 is 0. The number of unbranched alkanes of at least 4 members (excludes halogenated alkanes) is 2. The third-order valence-corrected chi connectivity index (χ3v) is 4.38. The van der Waals surface area contributed by atoms with Gasteiger partial charge in [0.15, 0.2) is 5.76 Å². The number of carboxylic acids is 1. The molecule has 2 unspecified atom stereocenters. The lowest BCUT2D eigenvalue weighted by atomic mass is 9.82. The first-order valence-electron chi connectivity index (χ1n) is 8.32. The van der Waals surface area contributed by atoms with Crippen LogP contribution in [0.3, 0.4) is 0 Å². The van der Waals surface area contributed by atoms with Crippen LogP contribution >= 0.6 is 0 Å². The molecule has 4 heteroatoms. The molecule has 1 aromatic heterocycles. The van der Waals surface area contributed by atoms with E-state index in [0.717, 1.165) is 31.1 Å². The molecule has 0 amide bonds. The third kappa shape index (κ3) is 4.01. The number of aliphatic carboxylic acids is 1. The number of hydrogen-bond acceptors (Lipinski definition) is 4. The first-order valence-corrected chi connectivity index (χ1v) is 8.32. The highest BCUT2D eigenvalue weighted by molar-refractivity contribution is 6.08. The molecule has 1 heterocycles. The quantitative estimate of drug-likeness (QED) is 0.403. The van der Waals surface area contributed by atoms with Crippen molar-refractivity contribution in [2.75, 3.05) is 0 Å². The monoisotopic (exact) mass is 315 g/mol. The number of ketones is 1. The number of hydrogen-bond donors (Lipinski definition) is 0. The van der Waals surface area contributed by atoms with Crippen LogP contribution in [0.15, 0.2) is 34.7 Å². The Morgan fingerprint density at radius 2 is 1.91 bits per heavy atom. The van der Waals surface area contributed by atoms with Crippen LogP contribution in [-0.4, -0.2) is 11.8 Å². The molecule has 0 spiro atoms. The summed E-state index contributed by atoms with van der Waals surface area (Å²) in [5.74, 6) is -3.04. The molecule has 0 bridgehead atoms. The van der Waals surface area contributed by atoms with E-state index < -0.39 is 17.7 Å². The van der Waals surface area contributed by atoms with Gasteiger partial charge in [0.1, 0.15) is 5.58 Å².